The zero-order chi connectivity index (χ0) is 14.7. The maximum Gasteiger partial charge on any atom is 0.0449 e. The maximum atomic E-state index is 3.71. The molecule has 2 aliphatic rings. The third-order valence-corrected chi connectivity index (χ3v) is 5.12. The minimum atomic E-state index is 0.490. The summed E-state index contributed by atoms with van der Waals surface area (Å²) < 4.78 is 0. The van der Waals surface area contributed by atoms with Gasteiger partial charge in [-0.15, -0.1) is 0 Å². The van der Waals surface area contributed by atoms with Crippen molar-refractivity contribution in [3.05, 3.63) is 35.9 Å². The highest BCUT2D eigenvalue weighted by Gasteiger charge is 2.28. The van der Waals surface area contributed by atoms with Crippen LogP contribution in [-0.2, 0) is 0 Å². The first-order valence-electron chi connectivity index (χ1n) is 8.43. The molecule has 2 saturated heterocycles. The second-order valence-electron chi connectivity index (χ2n) is 6.94. The Balaban J connectivity index is 1.61. The van der Waals surface area contributed by atoms with Crippen molar-refractivity contribution >= 4 is 0 Å². The molecule has 2 fully saturated rings. The van der Waals surface area contributed by atoms with E-state index in [-0.39, 0.29) is 0 Å². The molecule has 3 rings (SSSR count). The van der Waals surface area contributed by atoms with Crippen LogP contribution in [0, 0.1) is 5.92 Å². The minimum Gasteiger partial charge on any atom is -0.307 e. The lowest BCUT2D eigenvalue weighted by atomic mass is 9.95. The standard InChI is InChI=1S/C18H29N3/c1-15-11-19-18(17-8-4-3-5-9-17)14-21(15)13-16-7-6-10-20(2)12-16/h3-5,8-9,15-16,18-19H,6-7,10-14H2,1-2H3. The van der Waals surface area contributed by atoms with Gasteiger partial charge in [0.2, 0.25) is 0 Å². The Kier molecular flexibility index (Phi) is 4.94. The van der Waals surface area contributed by atoms with Crippen LogP contribution in [0.3, 0.4) is 0 Å². The van der Waals surface area contributed by atoms with E-state index in [0.717, 1.165) is 19.0 Å². The Morgan fingerprint density at radius 2 is 2.00 bits per heavy atom. The largest absolute Gasteiger partial charge is 0.307 e. The third kappa shape index (κ3) is 3.85. The highest BCUT2D eigenvalue weighted by atomic mass is 15.2. The SMILES string of the molecule is CC1CNC(c2ccccc2)CN1CC1CCCN(C)C1. The van der Waals surface area contributed by atoms with E-state index in [1.165, 1.54) is 38.0 Å². The number of nitrogens with zero attached hydrogens (tertiary/aromatic N) is 2. The number of likely N-dealkylation sites (tertiary alicyclic amines) is 1. The molecule has 21 heavy (non-hydrogen) atoms. The summed E-state index contributed by atoms with van der Waals surface area (Å²) in [4.78, 5) is 5.20. The highest BCUT2D eigenvalue weighted by molar-refractivity contribution is 5.20. The molecule has 3 atom stereocenters. The van der Waals surface area contributed by atoms with Crippen molar-refractivity contribution in [2.45, 2.75) is 31.8 Å². The van der Waals surface area contributed by atoms with Gasteiger partial charge in [0.15, 0.2) is 0 Å². The van der Waals surface area contributed by atoms with Crippen molar-refractivity contribution < 1.29 is 0 Å². The van der Waals surface area contributed by atoms with Gasteiger partial charge in [0.1, 0.15) is 0 Å². The molecule has 0 aromatic heterocycles. The van der Waals surface area contributed by atoms with Gasteiger partial charge in [-0.25, -0.2) is 0 Å². The minimum absolute atomic E-state index is 0.490. The van der Waals surface area contributed by atoms with E-state index in [1.807, 2.05) is 0 Å². The predicted molar refractivity (Wildman–Crippen MR) is 88.4 cm³/mol. The van der Waals surface area contributed by atoms with Crippen LogP contribution in [0.15, 0.2) is 30.3 Å². The smallest absolute Gasteiger partial charge is 0.0449 e. The number of benzene rings is 1. The van der Waals surface area contributed by atoms with Gasteiger partial charge in [0.05, 0.1) is 0 Å². The molecule has 116 valence electrons. The fourth-order valence-corrected chi connectivity index (χ4v) is 3.84. The first kappa shape index (κ1) is 15.0. The molecule has 1 aromatic rings. The number of nitrogens with one attached hydrogen (secondary N) is 1. The molecular formula is C18H29N3. The summed E-state index contributed by atoms with van der Waals surface area (Å²) in [6, 6.07) is 12.0. The summed E-state index contributed by atoms with van der Waals surface area (Å²) >= 11 is 0. The van der Waals surface area contributed by atoms with Crippen LogP contribution in [-0.4, -0.2) is 55.6 Å². The Bertz CT molecular complexity index is 433. The summed E-state index contributed by atoms with van der Waals surface area (Å²) in [6.07, 6.45) is 2.76. The van der Waals surface area contributed by atoms with Crippen LogP contribution in [0.2, 0.25) is 0 Å². The molecule has 2 aliphatic heterocycles. The molecule has 0 saturated carbocycles. The summed E-state index contributed by atoms with van der Waals surface area (Å²) in [6.45, 7) is 8.41. The molecule has 1 aromatic carbocycles. The van der Waals surface area contributed by atoms with E-state index >= 15 is 0 Å². The monoisotopic (exact) mass is 287 g/mol. The maximum absolute atomic E-state index is 3.71. The lowest BCUT2D eigenvalue weighted by molar-refractivity contribution is 0.0923. The quantitative estimate of drug-likeness (QED) is 0.921. The lowest BCUT2D eigenvalue weighted by Crippen LogP contribution is -2.53. The van der Waals surface area contributed by atoms with Gasteiger partial charge in [-0.2, -0.15) is 0 Å². The topological polar surface area (TPSA) is 18.5 Å². The van der Waals surface area contributed by atoms with Gasteiger partial charge in [0.25, 0.3) is 0 Å². The van der Waals surface area contributed by atoms with Gasteiger partial charge < -0.3 is 10.2 Å². The fraction of sp³-hybridized carbons (Fsp3) is 0.667. The second-order valence-corrected chi connectivity index (χ2v) is 6.94. The summed E-state index contributed by atoms with van der Waals surface area (Å²) in [5, 5.41) is 3.71. The third-order valence-electron chi connectivity index (χ3n) is 5.12. The number of rotatable bonds is 3. The Morgan fingerprint density at radius 1 is 1.19 bits per heavy atom. The van der Waals surface area contributed by atoms with E-state index in [2.05, 4.69) is 59.4 Å². The van der Waals surface area contributed by atoms with Crippen LogP contribution < -0.4 is 5.32 Å². The molecule has 3 unspecified atom stereocenters. The second kappa shape index (κ2) is 6.91. The lowest BCUT2D eigenvalue weighted by Gasteiger charge is -2.42. The number of piperidine rings is 1. The van der Waals surface area contributed by atoms with Gasteiger partial charge in [-0.3, -0.25) is 4.90 Å². The average Bonchev–Trinajstić information content (AvgIpc) is 2.50. The van der Waals surface area contributed by atoms with E-state index in [9.17, 15) is 0 Å². The fourth-order valence-electron chi connectivity index (χ4n) is 3.84. The zero-order valence-electron chi connectivity index (χ0n) is 13.5. The normalized spacial score (nSPS) is 32.2. The van der Waals surface area contributed by atoms with Crippen molar-refractivity contribution in [2.24, 2.45) is 5.92 Å². The van der Waals surface area contributed by atoms with Crippen molar-refractivity contribution in [1.82, 2.24) is 15.1 Å². The van der Waals surface area contributed by atoms with E-state index in [0.29, 0.717) is 12.1 Å². The first-order valence-corrected chi connectivity index (χ1v) is 8.43. The molecule has 0 spiro atoms. The highest BCUT2D eigenvalue weighted by Crippen LogP contribution is 2.23. The van der Waals surface area contributed by atoms with Crippen molar-refractivity contribution in [3.8, 4) is 0 Å². The number of hydrogen-bond donors (Lipinski definition) is 1. The van der Waals surface area contributed by atoms with E-state index in [4.69, 9.17) is 0 Å². The molecule has 0 bridgehead atoms. The van der Waals surface area contributed by atoms with Gasteiger partial charge >= 0.3 is 0 Å². The molecule has 3 nitrogen and oxygen atoms in total. The molecule has 0 radical (unpaired) electrons. The van der Waals surface area contributed by atoms with Crippen LogP contribution in [0.25, 0.3) is 0 Å². The van der Waals surface area contributed by atoms with E-state index < -0.39 is 0 Å². The molecule has 1 N–H and O–H groups in total. The predicted octanol–water partition coefficient (Wildman–Crippen LogP) is 2.36. The van der Waals surface area contributed by atoms with Crippen LogP contribution >= 0.6 is 0 Å². The van der Waals surface area contributed by atoms with Crippen molar-refractivity contribution in [1.29, 1.82) is 0 Å². The van der Waals surface area contributed by atoms with E-state index in [1.54, 1.807) is 0 Å². The molecule has 3 heteroatoms. The number of piperazine rings is 1. The average molecular weight is 287 g/mol. The van der Waals surface area contributed by atoms with Crippen LogP contribution in [0.4, 0.5) is 0 Å². The summed E-state index contributed by atoms with van der Waals surface area (Å²) in [5.74, 6) is 0.848. The summed E-state index contributed by atoms with van der Waals surface area (Å²) in [5.41, 5.74) is 1.43. The molecule has 2 heterocycles. The molecule has 0 amide bonds. The van der Waals surface area contributed by atoms with Gasteiger partial charge in [-0.1, -0.05) is 30.3 Å². The van der Waals surface area contributed by atoms with Crippen LogP contribution in [0.1, 0.15) is 31.4 Å². The molecular weight excluding hydrogens is 258 g/mol. The Hall–Kier alpha value is -0.900. The van der Waals surface area contributed by atoms with Crippen LogP contribution in [0.5, 0.6) is 0 Å². The summed E-state index contributed by atoms with van der Waals surface area (Å²) in [7, 11) is 2.26. The van der Waals surface area contributed by atoms with Gasteiger partial charge in [-0.05, 0) is 44.8 Å². The van der Waals surface area contributed by atoms with Crippen molar-refractivity contribution in [2.75, 3.05) is 39.8 Å². The van der Waals surface area contributed by atoms with Crippen molar-refractivity contribution in [3.63, 3.8) is 0 Å². The molecule has 0 aliphatic carbocycles. The van der Waals surface area contributed by atoms with Gasteiger partial charge in [0, 0.05) is 38.3 Å². The Morgan fingerprint density at radius 3 is 2.76 bits per heavy atom. The number of hydrogen-bond acceptors (Lipinski definition) is 3. The first-order chi connectivity index (χ1) is 10.2. The zero-order valence-corrected chi connectivity index (χ0v) is 13.5. The Labute approximate surface area is 129 Å².